The number of hydrogen-bond donors (Lipinski definition) is 1. The van der Waals surface area contributed by atoms with Gasteiger partial charge >= 0.3 is 0 Å². The molecule has 2 nitrogen and oxygen atoms in total. The van der Waals surface area contributed by atoms with Gasteiger partial charge in [-0.2, -0.15) is 0 Å². The predicted octanol–water partition coefficient (Wildman–Crippen LogP) is 1.58. The predicted molar refractivity (Wildman–Crippen MR) is 48.7 cm³/mol. The summed E-state index contributed by atoms with van der Waals surface area (Å²) in [5, 5.41) is 3.21. The van der Waals surface area contributed by atoms with Gasteiger partial charge in [-0.25, -0.2) is 0 Å². The quantitative estimate of drug-likeness (QED) is 0.591. The minimum Gasteiger partial charge on any atom is -0.380 e. The second-order valence-corrected chi connectivity index (χ2v) is 2.70. The minimum absolute atomic E-state index is 0.278. The van der Waals surface area contributed by atoms with Gasteiger partial charge in [-0.05, 0) is 26.8 Å². The first-order valence-corrected chi connectivity index (χ1v) is 4.07. The van der Waals surface area contributed by atoms with Gasteiger partial charge in [0.05, 0.1) is 6.10 Å². The van der Waals surface area contributed by atoms with Crippen LogP contribution in [0.1, 0.15) is 19.8 Å². The standard InChI is InChI=1S/C9H19NO/c1-5-6-7-9(10-3)8(2)11-4/h5,8-10H,1,6-7H2,2-4H3. The zero-order valence-electron chi connectivity index (χ0n) is 7.76. The van der Waals surface area contributed by atoms with Crippen LogP contribution in [0.2, 0.25) is 0 Å². The first-order chi connectivity index (χ1) is 5.26. The molecule has 0 aromatic rings. The maximum Gasteiger partial charge on any atom is 0.0696 e. The molecular weight excluding hydrogens is 138 g/mol. The topological polar surface area (TPSA) is 21.3 Å². The second-order valence-electron chi connectivity index (χ2n) is 2.70. The van der Waals surface area contributed by atoms with E-state index < -0.39 is 0 Å². The summed E-state index contributed by atoms with van der Waals surface area (Å²) in [7, 11) is 3.70. The Labute approximate surface area is 69.6 Å². The molecule has 0 bridgehead atoms. The van der Waals surface area contributed by atoms with Crippen LogP contribution in [0.3, 0.4) is 0 Å². The molecule has 2 atom stereocenters. The molecule has 0 amide bonds. The Morgan fingerprint density at radius 3 is 2.64 bits per heavy atom. The molecule has 2 heteroatoms. The van der Waals surface area contributed by atoms with Crippen molar-refractivity contribution in [2.45, 2.75) is 31.9 Å². The zero-order valence-corrected chi connectivity index (χ0v) is 7.76. The summed E-state index contributed by atoms with van der Waals surface area (Å²) in [4.78, 5) is 0. The van der Waals surface area contributed by atoms with E-state index in [1.54, 1.807) is 7.11 Å². The maximum atomic E-state index is 5.20. The fraction of sp³-hybridized carbons (Fsp3) is 0.778. The average molecular weight is 157 g/mol. The van der Waals surface area contributed by atoms with E-state index in [0.29, 0.717) is 6.04 Å². The van der Waals surface area contributed by atoms with E-state index in [1.807, 2.05) is 13.1 Å². The van der Waals surface area contributed by atoms with Crippen LogP contribution in [0.5, 0.6) is 0 Å². The Morgan fingerprint density at radius 2 is 2.27 bits per heavy atom. The van der Waals surface area contributed by atoms with E-state index in [2.05, 4.69) is 18.8 Å². The monoisotopic (exact) mass is 157 g/mol. The minimum atomic E-state index is 0.278. The van der Waals surface area contributed by atoms with E-state index in [4.69, 9.17) is 4.74 Å². The van der Waals surface area contributed by atoms with Crippen LogP contribution in [0.4, 0.5) is 0 Å². The van der Waals surface area contributed by atoms with Crippen molar-refractivity contribution in [1.82, 2.24) is 5.32 Å². The highest BCUT2D eigenvalue weighted by Gasteiger charge is 2.12. The molecule has 1 N–H and O–H groups in total. The Hall–Kier alpha value is -0.340. The van der Waals surface area contributed by atoms with Gasteiger partial charge in [-0.1, -0.05) is 6.08 Å². The molecule has 0 aromatic heterocycles. The Morgan fingerprint density at radius 1 is 1.64 bits per heavy atom. The van der Waals surface area contributed by atoms with Gasteiger partial charge in [-0.15, -0.1) is 6.58 Å². The summed E-state index contributed by atoms with van der Waals surface area (Å²) in [6.45, 7) is 5.76. The van der Waals surface area contributed by atoms with Crippen molar-refractivity contribution in [3.63, 3.8) is 0 Å². The normalized spacial score (nSPS) is 15.9. The third kappa shape index (κ3) is 4.17. The third-order valence-corrected chi connectivity index (χ3v) is 1.99. The average Bonchev–Trinajstić information content (AvgIpc) is 2.05. The Balaban J connectivity index is 3.64. The largest absolute Gasteiger partial charge is 0.380 e. The molecule has 11 heavy (non-hydrogen) atoms. The van der Waals surface area contributed by atoms with Crippen molar-refractivity contribution in [3.05, 3.63) is 12.7 Å². The van der Waals surface area contributed by atoms with Crippen LogP contribution < -0.4 is 5.32 Å². The second kappa shape index (κ2) is 6.38. The molecule has 0 saturated carbocycles. The number of hydrogen-bond acceptors (Lipinski definition) is 2. The van der Waals surface area contributed by atoms with Gasteiger partial charge in [0, 0.05) is 13.2 Å². The van der Waals surface area contributed by atoms with E-state index in [0.717, 1.165) is 12.8 Å². The molecule has 0 spiro atoms. The summed E-state index contributed by atoms with van der Waals surface area (Å²) in [5.74, 6) is 0. The molecule has 2 unspecified atom stereocenters. The van der Waals surface area contributed by atoms with Crippen LogP contribution in [-0.2, 0) is 4.74 Å². The fourth-order valence-electron chi connectivity index (χ4n) is 1.08. The zero-order chi connectivity index (χ0) is 8.69. The molecule has 0 aliphatic heterocycles. The highest BCUT2D eigenvalue weighted by molar-refractivity contribution is 4.76. The number of nitrogens with one attached hydrogen (secondary N) is 1. The number of likely N-dealkylation sites (N-methyl/N-ethyl adjacent to an activating group) is 1. The molecule has 0 radical (unpaired) electrons. The molecule has 0 fully saturated rings. The Kier molecular flexibility index (Phi) is 6.18. The van der Waals surface area contributed by atoms with E-state index in [9.17, 15) is 0 Å². The molecule has 0 aliphatic carbocycles. The maximum absolute atomic E-state index is 5.20. The van der Waals surface area contributed by atoms with Gasteiger partial charge in [0.25, 0.3) is 0 Å². The van der Waals surface area contributed by atoms with E-state index >= 15 is 0 Å². The lowest BCUT2D eigenvalue weighted by atomic mass is 10.1. The van der Waals surface area contributed by atoms with E-state index in [1.165, 1.54) is 0 Å². The highest BCUT2D eigenvalue weighted by atomic mass is 16.5. The van der Waals surface area contributed by atoms with Gasteiger partial charge in [0.2, 0.25) is 0 Å². The van der Waals surface area contributed by atoms with Gasteiger partial charge < -0.3 is 10.1 Å². The third-order valence-electron chi connectivity index (χ3n) is 1.99. The summed E-state index contributed by atoms with van der Waals surface area (Å²) in [6, 6.07) is 0.443. The number of allylic oxidation sites excluding steroid dienone is 1. The van der Waals surface area contributed by atoms with Crippen LogP contribution in [0.25, 0.3) is 0 Å². The van der Waals surface area contributed by atoms with Crippen molar-refractivity contribution < 1.29 is 4.74 Å². The van der Waals surface area contributed by atoms with Crippen LogP contribution in [0, 0.1) is 0 Å². The van der Waals surface area contributed by atoms with Crippen LogP contribution >= 0.6 is 0 Å². The number of rotatable bonds is 6. The van der Waals surface area contributed by atoms with E-state index in [-0.39, 0.29) is 6.10 Å². The molecule has 0 saturated heterocycles. The SMILES string of the molecule is C=CCCC(NC)C(C)OC. The smallest absolute Gasteiger partial charge is 0.0696 e. The summed E-state index contributed by atoms with van der Waals surface area (Å²) < 4.78 is 5.20. The molecule has 66 valence electrons. The van der Waals surface area contributed by atoms with Crippen molar-refractivity contribution in [2.24, 2.45) is 0 Å². The van der Waals surface area contributed by atoms with Crippen LogP contribution in [-0.4, -0.2) is 26.3 Å². The van der Waals surface area contributed by atoms with Crippen molar-refractivity contribution in [2.75, 3.05) is 14.2 Å². The van der Waals surface area contributed by atoms with Crippen molar-refractivity contribution in [1.29, 1.82) is 0 Å². The molecule has 0 aromatic carbocycles. The fourth-order valence-corrected chi connectivity index (χ4v) is 1.08. The summed E-state index contributed by atoms with van der Waals surface area (Å²) in [5.41, 5.74) is 0. The molecule has 0 heterocycles. The summed E-state index contributed by atoms with van der Waals surface area (Å²) >= 11 is 0. The lowest BCUT2D eigenvalue weighted by molar-refractivity contribution is 0.0831. The van der Waals surface area contributed by atoms with Gasteiger partial charge in [0.1, 0.15) is 0 Å². The summed E-state index contributed by atoms with van der Waals surface area (Å²) in [6.07, 6.45) is 4.35. The van der Waals surface area contributed by atoms with Gasteiger partial charge in [-0.3, -0.25) is 0 Å². The highest BCUT2D eigenvalue weighted by Crippen LogP contribution is 2.04. The lowest BCUT2D eigenvalue weighted by Crippen LogP contribution is -2.36. The van der Waals surface area contributed by atoms with Crippen molar-refractivity contribution >= 4 is 0 Å². The molecule has 0 aliphatic rings. The number of ether oxygens (including phenoxy) is 1. The first-order valence-electron chi connectivity index (χ1n) is 4.07. The first kappa shape index (κ1) is 10.7. The van der Waals surface area contributed by atoms with Crippen molar-refractivity contribution in [3.8, 4) is 0 Å². The Bertz CT molecular complexity index is 104. The molecular formula is C9H19NO. The van der Waals surface area contributed by atoms with Crippen LogP contribution in [0.15, 0.2) is 12.7 Å². The number of methoxy groups -OCH3 is 1. The van der Waals surface area contributed by atoms with Gasteiger partial charge in [0.15, 0.2) is 0 Å². The molecule has 0 rings (SSSR count). The lowest BCUT2D eigenvalue weighted by Gasteiger charge is -2.21.